The zero-order chi connectivity index (χ0) is 18.1. The first-order valence-electron chi connectivity index (χ1n) is 9.87. The van der Waals surface area contributed by atoms with Crippen LogP contribution in [0, 0.1) is 17.7 Å². The number of halogens is 1. The van der Waals surface area contributed by atoms with E-state index in [0.29, 0.717) is 12.5 Å². The number of piperidine rings is 1. The van der Waals surface area contributed by atoms with Crippen LogP contribution in [0.4, 0.5) is 4.39 Å². The first kappa shape index (κ1) is 19.9. The minimum absolute atomic E-state index is 0.112. The van der Waals surface area contributed by atoms with Crippen LogP contribution in [0.5, 0.6) is 0 Å². The number of carbonyl (C=O) groups is 1. The molecule has 0 aliphatic carbocycles. The van der Waals surface area contributed by atoms with E-state index in [9.17, 15) is 9.18 Å². The molecule has 1 fully saturated rings. The molecule has 25 heavy (non-hydrogen) atoms. The quantitative estimate of drug-likeness (QED) is 0.719. The second-order valence-corrected chi connectivity index (χ2v) is 7.30. The van der Waals surface area contributed by atoms with Gasteiger partial charge in [-0.3, -0.25) is 9.69 Å². The summed E-state index contributed by atoms with van der Waals surface area (Å²) in [7, 11) is 0. The highest BCUT2D eigenvalue weighted by Gasteiger charge is 2.25. The van der Waals surface area contributed by atoms with Crippen LogP contribution in [-0.2, 0) is 11.3 Å². The van der Waals surface area contributed by atoms with Crippen LogP contribution < -0.4 is 5.32 Å². The normalized spacial score (nSPS) is 17.4. The molecule has 1 saturated heterocycles. The predicted molar refractivity (Wildman–Crippen MR) is 101 cm³/mol. The van der Waals surface area contributed by atoms with Crippen molar-refractivity contribution < 1.29 is 9.18 Å². The number of amides is 1. The number of benzene rings is 1. The van der Waals surface area contributed by atoms with E-state index in [1.807, 2.05) is 12.1 Å². The molecule has 1 amide bonds. The highest BCUT2D eigenvalue weighted by molar-refractivity contribution is 5.78. The van der Waals surface area contributed by atoms with Crippen LogP contribution in [0.25, 0.3) is 0 Å². The summed E-state index contributed by atoms with van der Waals surface area (Å²) in [4.78, 5) is 14.7. The summed E-state index contributed by atoms with van der Waals surface area (Å²) in [5, 5.41) is 3.17. The SMILES string of the molecule is CCCC[C@@H](CC)CNC(=O)C1CCN(Cc2ccccc2F)CC1. The van der Waals surface area contributed by atoms with E-state index in [4.69, 9.17) is 0 Å². The van der Waals surface area contributed by atoms with Gasteiger partial charge in [-0.25, -0.2) is 4.39 Å². The monoisotopic (exact) mass is 348 g/mol. The van der Waals surface area contributed by atoms with Crippen molar-refractivity contribution in [2.45, 2.75) is 58.9 Å². The Morgan fingerprint density at radius 2 is 2.00 bits per heavy atom. The molecule has 0 radical (unpaired) electrons. The lowest BCUT2D eigenvalue weighted by atomic mass is 9.94. The van der Waals surface area contributed by atoms with Crippen LogP contribution >= 0.6 is 0 Å². The van der Waals surface area contributed by atoms with Crippen molar-refractivity contribution in [3.05, 3.63) is 35.6 Å². The van der Waals surface area contributed by atoms with E-state index >= 15 is 0 Å². The standard InChI is InChI=1S/C21H33FN2O/c1-3-5-8-17(4-2)15-23-21(25)18-11-13-24(14-12-18)16-19-9-6-7-10-20(19)22/h6-7,9-10,17-18H,3-5,8,11-16H2,1-2H3,(H,23,25)/t17-/m1/s1. The molecule has 3 nitrogen and oxygen atoms in total. The van der Waals surface area contributed by atoms with Crippen molar-refractivity contribution in [2.24, 2.45) is 11.8 Å². The molecule has 1 N–H and O–H groups in total. The Morgan fingerprint density at radius 1 is 1.28 bits per heavy atom. The van der Waals surface area contributed by atoms with Crippen molar-refractivity contribution in [1.29, 1.82) is 0 Å². The second-order valence-electron chi connectivity index (χ2n) is 7.30. The Hall–Kier alpha value is -1.42. The van der Waals surface area contributed by atoms with E-state index in [0.717, 1.165) is 44.5 Å². The predicted octanol–water partition coefficient (Wildman–Crippen LogP) is 4.37. The summed E-state index contributed by atoms with van der Waals surface area (Å²) in [5.74, 6) is 0.783. The zero-order valence-electron chi connectivity index (χ0n) is 15.8. The largest absolute Gasteiger partial charge is 0.356 e. The third-order valence-corrected chi connectivity index (χ3v) is 5.42. The van der Waals surface area contributed by atoms with Crippen molar-refractivity contribution >= 4 is 5.91 Å². The summed E-state index contributed by atoms with van der Waals surface area (Å²) in [5.41, 5.74) is 0.743. The van der Waals surface area contributed by atoms with Gasteiger partial charge in [0, 0.05) is 24.6 Å². The molecule has 1 aromatic carbocycles. The van der Waals surface area contributed by atoms with Gasteiger partial charge in [-0.15, -0.1) is 0 Å². The highest BCUT2D eigenvalue weighted by atomic mass is 19.1. The number of hydrogen-bond acceptors (Lipinski definition) is 2. The molecule has 1 heterocycles. The summed E-state index contributed by atoms with van der Waals surface area (Å²) in [6.07, 6.45) is 6.52. The summed E-state index contributed by atoms with van der Waals surface area (Å²) in [6.45, 7) is 7.58. The van der Waals surface area contributed by atoms with E-state index in [1.165, 1.54) is 25.3 Å². The van der Waals surface area contributed by atoms with Gasteiger partial charge in [0.05, 0.1) is 0 Å². The van der Waals surface area contributed by atoms with Gasteiger partial charge in [0.1, 0.15) is 5.82 Å². The van der Waals surface area contributed by atoms with E-state index in [2.05, 4.69) is 24.1 Å². The number of hydrogen-bond donors (Lipinski definition) is 1. The maximum absolute atomic E-state index is 13.8. The Bertz CT molecular complexity index is 526. The Labute approximate surface area is 152 Å². The Kier molecular flexibility index (Phi) is 8.39. The molecule has 1 aliphatic rings. The molecule has 4 heteroatoms. The molecular formula is C21H33FN2O. The van der Waals surface area contributed by atoms with Gasteiger partial charge >= 0.3 is 0 Å². The molecule has 2 rings (SSSR count). The summed E-state index contributed by atoms with van der Waals surface area (Å²) in [6, 6.07) is 6.95. The van der Waals surface area contributed by atoms with E-state index < -0.39 is 0 Å². The third-order valence-electron chi connectivity index (χ3n) is 5.42. The van der Waals surface area contributed by atoms with Crippen LogP contribution in [0.15, 0.2) is 24.3 Å². The number of carbonyl (C=O) groups excluding carboxylic acids is 1. The zero-order valence-corrected chi connectivity index (χ0v) is 15.8. The molecule has 1 aliphatic heterocycles. The van der Waals surface area contributed by atoms with Gasteiger partial charge < -0.3 is 5.32 Å². The van der Waals surface area contributed by atoms with Gasteiger partial charge in [-0.05, 0) is 44.3 Å². The Balaban J connectivity index is 1.72. The molecular weight excluding hydrogens is 315 g/mol. The minimum atomic E-state index is -0.139. The Morgan fingerprint density at radius 3 is 2.64 bits per heavy atom. The molecule has 0 saturated carbocycles. The smallest absolute Gasteiger partial charge is 0.223 e. The number of nitrogens with one attached hydrogen (secondary N) is 1. The van der Waals surface area contributed by atoms with Gasteiger partial charge in [-0.1, -0.05) is 51.3 Å². The molecule has 0 aromatic heterocycles. The van der Waals surface area contributed by atoms with Crippen molar-refractivity contribution in [1.82, 2.24) is 10.2 Å². The topological polar surface area (TPSA) is 32.3 Å². The molecule has 1 atom stereocenters. The molecule has 1 aromatic rings. The third kappa shape index (κ3) is 6.43. The maximum atomic E-state index is 13.8. The van der Waals surface area contributed by atoms with Crippen LogP contribution in [0.2, 0.25) is 0 Å². The van der Waals surface area contributed by atoms with Crippen molar-refractivity contribution in [2.75, 3.05) is 19.6 Å². The van der Waals surface area contributed by atoms with Crippen LogP contribution in [0.3, 0.4) is 0 Å². The first-order valence-corrected chi connectivity index (χ1v) is 9.87. The lowest BCUT2D eigenvalue weighted by Crippen LogP contribution is -2.41. The van der Waals surface area contributed by atoms with Crippen molar-refractivity contribution in [3.8, 4) is 0 Å². The summed E-state index contributed by atoms with van der Waals surface area (Å²) < 4.78 is 13.8. The molecule has 140 valence electrons. The number of likely N-dealkylation sites (tertiary alicyclic amines) is 1. The lowest BCUT2D eigenvalue weighted by molar-refractivity contribution is -0.126. The van der Waals surface area contributed by atoms with Gasteiger partial charge in [0.15, 0.2) is 0 Å². The van der Waals surface area contributed by atoms with Gasteiger partial charge in [-0.2, -0.15) is 0 Å². The van der Waals surface area contributed by atoms with Crippen LogP contribution in [0.1, 0.15) is 57.9 Å². The fourth-order valence-corrected chi connectivity index (χ4v) is 3.55. The highest BCUT2D eigenvalue weighted by Crippen LogP contribution is 2.20. The summed E-state index contributed by atoms with van der Waals surface area (Å²) >= 11 is 0. The fraction of sp³-hybridized carbons (Fsp3) is 0.667. The lowest BCUT2D eigenvalue weighted by Gasteiger charge is -2.31. The first-order chi connectivity index (χ1) is 12.1. The minimum Gasteiger partial charge on any atom is -0.356 e. The number of nitrogens with zero attached hydrogens (tertiary/aromatic N) is 1. The van der Waals surface area contributed by atoms with Crippen molar-refractivity contribution in [3.63, 3.8) is 0 Å². The average molecular weight is 349 g/mol. The number of rotatable bonds is 9. The van der Waals surface area contributed by atoms with E-state index in [1.54, 1.807) is 6.07 Å². The maximum Gasteiger partial charge on any atom is 0.223 e. The number of unbranched alkanes of at least 4 members (excludes halogenated alkanes) is 1. The second kappa shape index (κ2) is 10.5. The fourth-order valence-electron chi connectivity index (χ4n) is 3.55. The average Bonchev–Trinajstić information content (AvgIpc) is 2.64. The van der Waals surface area contributed by atoms with Gasteiger partial charge in [0.2, 0.25) is 5.91 Å². The van der Waals surface area contributed by atoms with Gasteiger partial charge in [0.25, 0.3) is 0 Å². The van der Waals surface area contributed by atoms with E-state index in [-0.39, 0.29) is 17.6 Å². The molecule has 0 spiro atoms. The molecule has 0 bridgehead atoms. The molecule has 0 unspecified atom stereocenters. The van der Waals surface area contributed by atoms with Crippen LogP contribution in [-0.4, -0.2) is 30.4 Å².